The molecule has 7 nitrogen and oxygen atoms in total. The average molecular weight is 389 g/mol. The molecule has 27 heavy (non-hydrogen) atoms. The minimum atomic E-state index is -0.396. The zero-order valence-corrected chi connectivity index (χ0v) is 16.3. The normalized spacial score (nSPS) is 15.1. The van der Waals surface area contributed by atoms with E-state index >= 15 is 0 Å². The number of carbonyl (C=O) groups is 2. The van der Waals surface area contributed by atoms with Crippen LogP contribution in [0.1, 0.15) is 26.2 Å². The molecule has 0 unspecified atom stereocenters. The Hall–Kier alpha value is -2.35. The summed E-state index contributed by atoms with van der Waals surface area (Å²) in [6.45, 7) is 3.56. The highest BCUT2D eigenvalue weighted by Gasteiger charge is 2.26. The number of fused-ring (bicyclic) bond motifs is 1. The number of aromatic nitrogens is 2. The van der Waals surface area contributed by atoms with Gasteiger partial charge in [-0.3, -0.25) is 19.0 Å². The third kappa shape index (κ3) is 4.32. The minimum Gasteiger partial charge on any atom is -0.469 e. The second-order valence-corrected chi connectivity index (χ2v) is 7.79. The van der Waals surface area contributed by atoms with Gasteiger partial charge in [-0.1, -0.05) is 23.9 Å². The van der Waals surface area contributed by atoms with Crippen LogP contribution in [0, 0.1) is 0 Å². The summed E-state index contributed by atoms with van der Waals surface area (Å²) in [5.41, 5.74) is 0.368. The number of carbonyl (C=O) groups excluding carboxylic acids is 2. The van der Waals surface area contributed by atoms with Crippen LogP contribution in [0.4, 0.5) is 0 Å². The van der Waals surface area contributed by atoms with Crippen molar-refractivity contribution in [2.45, 2.75) is 43.1 Å². The Kier molecular flexibility index (Phi) is 6.15. The van der Waals surface area contributed by atoms with Gasteiger partial charge < -0.3 is 9.64 Å². The maximum Gasteiger partial charge on any atom is 0.307 e. The third-order valence-electron chi connectivity index (χ3n) is 4.64. The van der Waals surface area contributed by atoms with Crippen molar-refractivity contribution >= 4 is 34.5 Å². The Morgan fingerprint density at radius 2 is 1.96 bits per heavy atom. The summed E-state index contributed by atoms with van der Waals surface area (Å²) in [5.74, 6) is -0.341. The van der Waals surface area contributed by atoms with E-state index in [1.165, 1.54) is 23.4 Å². The van der Waals surface area contributed by atoms with Crippen molar-refractivity contribution in [1.82, 2.24) is 14.5 Å². The molecule has 2 heterocycles. The summed E-state index contributed by atoms with van der Waals surface area (Å²) >= 11 is 1.26. The number of methoxy groups -OCH3 is 1. The largest absolute Gasteiger partial charge is 0.469 e. The number of hydrogen-bond donors (Lipinski definition) is 0. The van der Waals surface area contributed by atoms with E-state index in [4.69, 9.17) is 0 Å². The second-order valence-electron chi connectivity index (χ2n) is 6.49. The minimum absolute atomic E-state index is 0.0550. The molecular weight excluding hydrogens is 366 g/mol. The number of rotatable bonds is 6. The van der Waals surface area contributed by atoms with Crippen LogP contribution in [0.25, 0.3) is 10.9 Å². The van der Waals surface area contributed by atoms with E-state index in [2.05, 4.69) is 9.72 Å². The summed E-state index contributed by atoms with van der Waals surface area (Å²) in [5, 5.41) is 0.577. The lowest BCUT2D eigenvalue weighted by molar-refractivity contribution is -0.140. The SMILES string of the molecule is COC(=O)CCn1c(S[C@H](C)C(=O)N2CCCC2)nc2ccccc2c1=O. The lowest BCUT2D eigenvalue weighted by Gasteiger charge is -2.21. The Bertz CT molecular complexity index is 905. The van der Waals surface area contributed by atoms with Gasteiger partial charge in [-0.2, -0.15) is 0 Å². The quantitative estimate of drug-likeness (QED) is 0.427. The number of thioether (sulfide) groups is 1. The first-order chi connectivity index (χ1) is 13.0. The lowest BCUT2D eigenvalue weighted by Crippen LogP contribution is -2.34. The Morgan fingerprint density at radius 3 is 2.67 bits per heavy atom. The summed E-state index contributed by atoms with van der Waals surface area (Å²) in [7, 11) is 1.32. The number of likely N-dealkylation sites (tertiary alicyclic amines) is 1. The van der Waals surface area contributed by atoms with Gasteiger partial charge in [0.05, 0.1) is 29.7 Å². The summed E-state index contributed by atoms with van der Waals surface area (Å²) in [6, 6.07) is 7.09. The smallest absolute Gasteiger partial charge is 0.307 e. The van der Waals surface area contributed by atoms with E-state index < -0.39 is 5.97 Å². The molecule has 1 aliphatic heterocycles. The molecule has 1 aromatic heterocycles. The van der Waals surface area contributed by atoms with Crippen molar-refractivity contribution < 1.29 is 14.3 Å². The Balaban J connectivity index is 1.92. The van der Waals surface area contributed by atoms with Crippen LogP contribution in [0.15, 0.2) is 34.2 Å². The van der Waals surface area contributed by atoms with E-state index in [1.807, 2.05) is 17.9 Å². The van der Waals surface area contributed by atoms with Gasteiger partial charge in [-0.25, -0.2) is 4.98 Å². The predicted octanol–water partition coefficient (Wildman–Crippen LogP) is 2.06. The van der Waals surface area contributed by atoms with Crippen LogP contribution in [0.2, 0.25) is 0 Å². The fourth-order valence-corrected chi connectivity index (χ4v) is 4.16. The molecule has 0 bridgehead atoms. The Morgan fingerprint density at radius 1 is 1.26 bits per heavy atom. The van der Waals surface area contributed by atoms with Crippen LogP contribution >= 0.6 is 11.8 Å². The predicted molar refractivity (Wildman–Crippen MR) is 104 cm³/mol. The first-order valence-corrected chi connectivity index (χ1v) is 9.91. The highest BCUT2D eigenvalue weighted by molar-refractivity contribution is 8.00. The molecule has 0 radical (unpaired) electrons. The Labute approximate surface area is 161 Å². The molecule has 144 valence electrons. The molecule has 1 aromatic carbocycles. The maximum absolute atomic E-state index is 12.9. The number of benzene rings is 1. The number of nitrogens with zero attached hydrogens (tertiary/aromatic N) is 3. The van der Waals surface area contributed by atoms with Crippen molar-refractivity contribution in [3.8, 4) is 0 Å². The van der Waals surface area contributed by atoms with Gasteiger partial charge in [0.15, 0.2) is 5.16 Å². The van der Waals surface area contributed by atoms with Gasteiger partial charge in [-0.05, 0) is 31.9 Å². The summed E-state index contributed by atoms with van der Waals surface area (Å²) in [4.78, 5) is 43.6. The molecule has 1 fully saturated rings. The van der Waals surface area contributed by atoms with Crippen molar-refractivity contribution in [3.05, 3.63) is 34.6 Å². The molecule has 8 heteroatoms. The first kappa shape index (κ1) is 19.4. The van der Waals surface area contributed by atoms with Crippen molar-refractivity contribution in [2.24, 2.45) is 0 Å². The number of esters is 1. The molecule has 0 N–H and O–H groups in total. The molecule has 3 rings (SSSR count). The maximum atomic E-state index is 12.9. The molecule has 2 aromatic rings. The van der Waals surface area contributed by atoms with E-state index in [1.54, 1.807) is 18.2 Å². The van der Waals surface area contributed by atoms with Gasteiger partial charge in [0, 0.05) is 19.6 Å². The van der Waals surface area contributed by atoms with E-state index in [9.17, 15) is 14.4 Å². The van der Waals surface area contributed by atoms with Crippen molar-refractivity contribution in [2.75, 3.05) is 20.2 Å². The topological polar surface area (TPSA) is 81.5 Å². The molecule has 1 aliphatic rings. The number of ether oxygens (including phenoxy) is 1. The summed E-state index contributed by atoms with van der Waals surface area (Å²) < 4.78 is 6.15. The molecule has 1 atom stereocenters. The van der Waals surface area contributed by atoms with E-state index in [0.717, 1.165) is 25.9 Å². The van der Waals surface area contributed by atoms with Crippen LogP contribution in [-0.2, 0) is 20.9 Å². The third-order valence-corrected chi connectivity index (χ3v) is 5.72. The average Bonchev–Trinajstić information content (AvgIpc) is 3.21. The number of amides is 1. The van der Waals surface area contributed by atoms with Crippen LogP contribution in [-0.4, -0.2) is 51.8 Å². The molecular formula is C19H23N3O4S. The molecule has 0 aliphatic carbocycles. The number of para-hydroxylation sites is 1. The first-order valence-electron chi connectivity index (χ1n) is 9.03. The zero-order chi connectivity index (χ0) is 19.4. The standard InChI is InChI=1S/C19H23N3O4S/c1-13(17(24)21-10-5-6-11-21)27-19-20-15-8-4-3-7-14(15)18(25)22(19)12-9-16(23)26-2/h3-4,7-8,13H,5-6,9-12H2,1-2H3/t13-/m1/s1. The fourth-order valence-electron chi connectivity index (χ4n) is 3.14. The van der Waals surface area contributed by atoms with E-state index in [0.29, 0.717) is 16.1 Å². The number of hydrogen-bond acceptors (Lipinski definition) is 6. The van der Waals surface area contributed by atoms with E-state index in [-0.39, 0.29) is 29.7 Å². The zero-order valence-electron chi connectivity index (χ0n) is 15.5. The highest BCUT2D eigenvalue weighted by Crippen LogP contribution is 2.25. The highest BCUT2D eigenvalue weighted by atomic mass is 32.2. The summed E-state index contributed by atoms with van der Waals surface area (Å²) in [6.07, 6.45) is 2.13. The molecule has 1 saturated heterocycles. The van der Waals surface area contributed by atoms with Gasteiger partial charge in [-0.15, -0.1) is 0 Å². The van der Waals surface area contributed by atoms with Crippen LogP contribution in [0.5, 0.6) is 0 Å². The van der Waals surface area contributed by atoms with Crippen LogP contribution in [0.3, 0.4) is 0 Å². The van der Waals surface area contributed by atoms with Gasteiger partial charge in [0.25, 0.3) is 5.56 Å². The lowest BCUT2D eigenvalue weighted by atomic mass is 10.2. The monoisotopic (exact) mass is 389 g/mol. The van der Waals surface area contributed by atoms with Crippen molar-refractivity contribution in [3.63, 3.8) is 0 Å². The second kappa shape index (κ2) is 8.56. The van der Waals surface area contributed by atoms with Crippen LogP contribution < -0.4 is 5.56 Å². The van der Waals surface area contributed by atoms with Crippen molar-refractivity contribution in [1.29, 1.82) is 0 Å². The van der Waals surface area contributed by atoms with Gasteiger partial charge in [0.2, 0.25) is 5.91 Å². The molecule has 0 saturated carbocycles. The molecule has 0 spiro atoms. The molecule has 1 amide bonds. The van der Waals surface area contributed by atoms with Gasteiger partial charge >= 0.3 is 5.97 Å². The van der Waals surface area contributed by atoms with Gasteiger partial charge in [0.1, 0.15) is 0 Å². The fraction of sp³-hybridized carbons (Fsp3) is 0.474.